The van der Waals surface area contributed by atoms with E-state index in [-0.39, 0.29) is 0 Å². The molecule has 1 atom stereocenters. The summed E-state index contributed by atoms with van der Waals surface area (Å²) in [5.74, 6) is 0.890. The minimum atomic E-state index is 0.718. The average molecular weight is 316 g/mol. The maximum absolute atomic E-state index is 4.61. The van der Waals surface area contributed by atoms with E-state index < -0.39 is 0 Å². The molecule has 0 radical (unpaired) electrons. The van der Waals surface area contributed by atoms with Crippen molar-refractivity contribution >= 4 is 5.96 Å². The summed E-state index contributed by atoms with van der Waals surface area (Å²) in [6.45, 7) is 11.3. The van der Waals surface area contributed by atoms with Crippen LogP contribution in [0.25, 0.3) is 0 Å². The summed E-state index contributed by atoms with van der Waals surface area (Å²) in [5.41, 5.74) is 2.67. The fraction of sp³-hybridized carbons (Fsp3) is 0.632. The van der Waals surface area contributed by atoms with Gasteiger partial charge in [-0.25, -0.2) is 4.99 Å². The highest BCUT2D eigenvalue weighted by atomic mass is 15.2. The van der Waals surface area contributed by atoms with Crippen LogP contribution in [0.3, 0.4) is 0 Å². The third-order valence-corrected chi connectivity index (χ3v) is 4.46. The normalized spacial score (nSPS) is 18.5. The Labute approximate surface area is 141 Å². The summed E-state index contributed by atoms with van der Waals surface area (Å²) in [6, 6.07) is 9.65. The second-order valence-electron chi connectivity index (χ2n) is 6.36. The van der Waals surface area contributed by atoms with Gasteiger partial charge in [-0.1, -0.05) is 30.7 Å². The van der Waals surface area contributed by atoms with Crippen molar-refractivity contribution in [1.82, 2.24) is 15.5 Å². The molecule has 0 spiro atoms. The Bertz CT molecular complexity index is 473. The predicted octanol–water partition coefficient (Wildman–Crippen LogP) is 3.14. The molecule has 0 amide bonds. The first kappa shape index (κ1) is 17.8. The molecule has 0 aromatic heterocycles. The van der Waals surface area contributed by atoms with Gasteiger partial charge in [0, 0.05) is 25.7 Å². The van der Waals surface area contributed by atoms with Crippen molar-refractivity contribution in [2.24, 2.45) is 4.99 Å². The fourth-order valence-electron chi connectivity index (χ4n) is 3.06. The summed E-state index contributed by atoms with van der Waals surface area (Å²) < 4.78 is 0. The number of piperidine rings is 1. The van der Waals surface area contributed by atoms with Gasteiger partial charge in [-0.2, -0.15) is 0 Å². The number of likely N-dealkylation sites (tertiary alicyclic amines) is 1. The number of guanidine groups is 1. The van der Waals surface area contributed by atoms with Crippen molar-refractivity contribution in [3.05, 3.63) is 35.4 Å². The van der Waals surface area contributed by atoms with Gasteiger partial charge >= 0.3 is 0 Å². The summed E-state index contributed by atoms with van der Waals surface area (Å²) in [5, 5.41) is 6.51. The molecule has 1 unspecified atom stereocenters. The maximum Gasteiger partial charge on any atom is 0.191 e. The zero-order chi connectivity index (χ0) is 16.5. The number of hydrogen-bond donors (Lipinski definition) is 2. The molecule has 1 saturated heterocycles. The van der Waals surface area contributed by atoms with E-state index in [0.29, 0.717) is 0 Å². The van der Waals surface area contributed by atoms with E-state index in [0.717, 1.165) is 38.2 Å². The standard InChI is InChI=1S/C19H32N4/c1-4-20-19(21-5-2)22-14-17-9-11-18(12-10-17)15-23-13-7-6-8-16(23)3/h9-12,16H,4-8,13-15H2,1-3H3,(H2,20,21,22). The highest BCUT2D eigenvalue weighted by molar-refractivity contribution is 5.79. The van der Waals surface area contributed by atoms with Crippen LogP contribution in [-0.4, -0.2) is 36.5 Å². The van der Waals surface area contributed by atoms with Crippen molar-refractivity contribution in [3.63, 3.8) is 0 Å². The molecule has 1 aromatic rings. The van der Waals surface area contributed by atoms with Gasteiger partial charge in [0.05, 0.1) is 6.54 Å². The van der Waals surface area contributed by atoms with E-state index in [1.54, 1.807) is 0 Å². The molecule has 4 nitrogen and oxygen atoms in total. The molecular formula is C19H32N4. The van der Waals surface area contributed by atoms with Gasteiger partial charge in [-0.3, -0.25) is 4.90 Å². The summed E-state index contributed by atoms with van der Waals surface area (Å²) >= 11 is 0. The zero-order valence-electron chi connectivity index (χ0n) is 14.9. The van der Waals surface area contributed by atoms with Crippen molar-refractivity contribution < 1.29 is 0 Å². The second kappa shape index (κ2) is 9.56. The molecule has 1 aliphatic heterocycles. The van der Waals surface area contributed by atoms with Crippen LogP contribution < -0.4 is 10.6 Å². The SMILES string of the molecule is CCNC(=NCc1ccc(CN2CCCCC2C)cc1)NCC. The molecule has 0 saturated carbocycles. The summed E-state index contributed by atoms with van der Waals surface area (Å²) in [7, 11) is 0. The molecule has 2 N–H and O–H groups in total. The first-order chi connectivity index (χ1) is 11.2. The highest BCUT2D eigenvalue weighted by Gasteiger charge is 2.17. The first-order valence-electron chi connectivity index (χ1n) is 9.07. The van der Waals surface area contributed by atoms with Crippen LogP contribution in [0.4, 0.5) is 0 Å². The molecule has 2 rings (SSSR count). The van der Waals surface area contributed by atoms with Gasteiger partial charge in [0.2, 0.25) is 0 Å². The van der Waals surface area contributed by atoms with Gasteiger partial charge < -0.3 is 10.6 Å². The predicted molar refractivity (Wildman–Crippen MR) is 98.7 cm³/mol. The van der Waals surface area contributed by atoms with Crippen LogP contribution in [-0.2, 0) is 13.1 Å². The molecule has 1 aromatic carbocycles. The lowest BCUT2D eigenvalue weighted by molar-refractivity contribution is 0.152. The van der Waals surface area contributed by atoms with Crippen LogP contribution in [0.5, 0.6) is 0 Å². The lowest BCUT2D eigenvalue weighted by Crippen LogP contribution is -2.37. The van der Waals surface area contributed by atoms with E-state index >= 15 is 0 Å². The Hall–Kier alpha value is -1.55. The minimum Gasteiger partial charge on any atom is -0.357 e. The van der Waals surface area contributed by atoms with Crippen LogP contribution in [0.15, 0.2) is 29.3 Å². The number of hydrogen-bond acceptors (Lipinski definition) is 2. The maximum atomic E-state index is 4.61. The van der Waals surface area contributed by atoms with Gasteiger partial charge in [-0.15, -0.1) is 0 Å². The largest absolute Gasteiger partial charge is 0.357 e. The zero-order valence-corrected chi connectivity index (χ0v) is 14.9. The van der Waals surface area contributed by atoms with Crippen molar-refractivity contribution in [3.8, 4) is 0 Å². The van der Waals surface area contributed by atoms with E-state index in [2.05, 4.69) is 65.6 Å². The number of nitrogens with zero attached hydrogens (tertiary/aromatic N) is 2. The van der Waals surface area contributed by atoms with Gasteiger partial charge in [-0.05, 0) is 51.3 Å². The van der Waals surface area contributed by atoms with Crippen LogP contribution in [0.1, 0.15) is 51.2 Å². The lowest BCUT2D eigenvalue weighted by Gasteiger charge is -2.33. The van der Waals surface area contributed by atoms with Crippen molar-refractivity contribution in [2.75, 3.05) is 19.6 Å². The molecule has 4 heteroatoms. The number of nitrogens with one attached hydrogen (secondary N) is 2. The van der Waals surface area contributed by atoms with E-state index in [1.165, 1.54) is 36.9 Å². The number of aliphatic imine (C=N–C) groups is 1. The molecule has 1 fully saturated rings. The molecule has 23 heavy (non-hydrogen) atoms. The fourth-order valence-corrected chi connectivity index (χ4v) is 3.06. The number of rotatable bonds is 6. The average Bonchev–Trinajstić information content (AvgIpc) is 2.56. The summed E-state index contributed by atoms with van der Waals surface area (Å²) in [6.07, 6.45) is 4.06. The molecule has 0 aliphatic carbocycles. The molecule has 128 valence electrons. The molecule has 1 heterocycles. The lowest BCUT2D eigenvalue weighted by atomic mass is 10.0. The van der Waals surface area contributed by atoms with Crippen LogP contribution >= 0.6 is 0 Å². The minimum absolute atomic E-state index is 0.718. The monoisotopic (exact) mass is 316 g/mol. The van der Waals surface area contributed by atoms with Gasteiger partial charge in [0.1, 0.15) is 0 Å². The van der Waals surface area contributed by atoms with Crippen molar-refractivity contribution in [2.45, 2.75) is 59.2 Å². The highest BCUT2D eigenvalue weighted by Crippen LogP contribution is 2.19. The molecule has 0 bridgehead atoms. The smallest absolute Gasteiger partial charge is 0.191 e. The third-order valence-electron chi connectivity index (χ3n) is 4.46. The second-order valence-corrected chi connectivity index (χ2v) is 6.36. The van der Waals surface area contributed by atoms with Gasteiger partial charge in [0.15, 0.2) is 5.96 Å². The Kier molecular flexibility index (Phi) is 7.40. The van der Waals surface area contributed by atoms with E-state index in [4.69, 9.17) is 0 Å². The number of benzene rings is 1. The Balaban J connectivity index is 1.89. The van der Waals surface area contributed by atoms with Crippen molar-refractivity contribution in [1.29, 1.82) is 0 Å². The molecule has 1 aliphatic rings. The van der Waals surface area contributed by atoms with Crippen LogP contribution in [0.2, 0.25) is 0 Å². The van der Waals surface area contributed by atoms with E-state index in [9.17, 15) is 0 Å². The quantitative estimate of drug-likeness (QED) is 0.626. The first-order valence-corrected chi connectivity index (χ1v) is 9.07. The third kappa shape index (κ3) is 5.87. The molecular weight excluding hydrogens is 284 g/mol. The Morgan fingerprint density at radius 2 is 1.74 bits per heavy atom. The van der Waals surface area contributed by atoms with Gasteiger partial charge in [0.25, 0.3) is 0 Å². The van der Waals surface area contributed by atoms with E-state index in [1.807, 2.05) is 0 Å². The Morgan fingerprint density at radius 1 is 1.09 bits per heavy atom. The topological polar surface area (TPSA) is 39.7 Å². The van der Waals surface area contributed by atoms with Crippen LogP contribution in [0, 0.1) is 0 Å². The summed E-state index contributed by atoms with van der Waals surface area (Å²) in [4.78, 5) is 7.22. The Morgan fingerprint density at radius 3 is 2.35 bits per heavy atom.